The first kappa shape index (κ1) is 14.5. The summed E-state index contributed by atoms with van der Waals surface area (Å²) in [6, 6.07) is 0.659. The molecule has 1 aliphatic carbocycles. The van der Waals surface area contributed by atoms with E-state index in [1.807, 2.05) is 13.8 Å². The normalized spacial score (nSPS) is 16.2. The minimum Gasteiger partial charge on any atom is -0.312 e. The van der Waals surface area contributed by atoms with Crippen molar-refractivity contribution < 1.29 is 8.42 Å². The van der Waals surface area contributed by atoms with Crippen LogP contribution >= 0.6 is 0 Å². The molecular formula is C12H22N4O2S. The van der Waals surface area contributed by atoms with E-state index in [0.717, 1.165) is 6.54 Å². The minimum absolute atomic E-state index is 0.236. The molecule has 19 heavy (non-hydrogen) atoms. The van der Waals surface area contributed by atoms with E-state index in [2.05, 4.69) is 15.1 Å². The molecule has 0 unspecified atom stereocenters. The standard InChI is InChI=1S/C12H22N4O2S/c1-10(2)7-15-19(17,18)12-8-14-16(9-12)6-5-13-11-3-4-11/h8-11,13,15H,3-7H2,1-2H3. The topological polar surface area (TPSA) is 76.0 Å². The average molecular weight is 286 g/mol. The van der Waals surface area contributed by atoms with Crippen molar-refractivity contribution in [3.8, 4) is 0 Å². The molecule has 1 fully saturated rings. The summed E-state index contributed by atoms with van der Waals surface area (Å²) in [5, 5.41) is 7.45. The molecule has 0 bridgehead atoms. The molecule has 0 saturated heterocycles. The highest BCUT2D eigenvalue weighted by Gasteiger charge is 2.20. The van der Waals surface area contributed by atoms with E-state index in [1.165, 1.54) is 19.0 Å². The number of hydrogen-bond donors (Lipinski definition) is 2. The Morgan fingerprint density at radius 2 is 2.21 bits per heavy atom. The predicted octanol–water partition coefficient (Wildman–Crippen LogP) is 0.569. The fourth-order valence-corrected chi connectivity index (χ4v) is 2.80. The minimum atomic E-state index is -3.42. The molecule has 0 spiro atoms. The van der Waals surface area contributed by atoms with E-state index in [-0.39, 0.29) is 10.8 Å². The maximum absolute atomic E-state index is 12.0. The highest BCUT2D eigenvalue weighted by Crippen LogP contribution is 2.18. The van der Waals surface area contributed by atoms with Gasteiger partial charge in [-0.3, -0.25) is 4.68 Å². The second-order valence-electron chi connectivity index (χ2n) is 5.41. The number of aromatic nitrogens is 2. The molecule has 1 aliphatic rings. The van der Waals surface area contributed by atoms with E-state index >= 15 is 0 Å². The van der Waals surface area contributed by atoms with Crippen molar-refractivity contribution in [3.05, 3.63) is 12.4 Å². The molecule has 2 N–H and O–H groups in total. The van der Waals surface area contributed by atoms with Crippen LogP contribution in [0.2, 0.25) is 0 Å². The van der Waals surface area contributed by atoms with Crippen molar-refractivity contribution in [1.82, 2.24) is 19.8 Å². The molecule has 0 amide bonds. The summed E-state index contributed by atoms with van der Waals surface area (Å²) in [6.07, 6.45) is 5.48. The third kappa shape index (κ3) is 4.59. The van der Waals surface area contributed by atoms with Gasteiger partial charge in [0.05, 0.1) is 12.7 Å². The van der Waals surface area contributed by atoms with Gasteiger partial charge in [-0.15, -0.1) is 0 Å². The highest BCUT2D eigenvalue weighted by atomic mass is 32.2. The van der Waals surface area contributed by atoms with Crippen LogP contribution in [0.15, 0.2) is 17.3 Å². The first-order valence-electron chi connectivity index (χ1n) is 6.73. The fraction of sp³-hybridized carbons (Fsp3) is 0.750. The van der Waals surface area contributed by atoms with Gasteiger partial charge in [-0.25, -0.2) is 13.1 Å². The van der Waals surface area contributed by atoms with E-state index in [1.54, 1.807) is 10.9 Å². The van der Waals surface area contributed by atoms with Gasteiger partial charge in [-0.1, -0.05) is 13.8 Å². The lowest BCUT2D eigenvalue weighted by Crippen LogP contribution is -2.27. The Bertz CT molecular complexity index is 506. The number of nitrogens with zero attached hydrogens (tertiary/aromatic N) is 2. The fourth-order valence-electron chi connectivity index (χ4n) is 1.64. The van der Waals surface area contributed by atoms with Gasteiger partial charge >= 0.3 is 0 Å². The van der Waals surface area contributed by atoms with E-state index < -0.39 is 10.0 Å². The molecule has 1 heterocycles. The third-order valence-electron chi connectivity index (χ3n) is 2.95. The first-order chi connectivity index (χ1) is 8.97. The van der Waals surface area contributed by atoms with Crippen LogP contribution in [0.3, 0.4) is 0 Å². The Balaban J connectivity index is 1.87. The molecule has 108 valence electrons. The van der Waals surface area contributed by atoms with Gasteiger partial charge in [0.1, 0.15) is 4.90 Å². The largest absolute Gasteiger partial charge is 0.312 e. The predicted molar refractivity (Wildman–Crippen MR) is 73.3 cm³/mol. The Kier molecular flexibility index (Phi) is 4.59. The Labute approximate surface area is 114 Å². The van der Waals surface area contributed by atoms with Gasteiger partial charge in [0, 0.05) is 25.3 Å². The lowest BCUT2D eigenvalue weighted by molar-refractivity contribution is 0.549. The number of sulfonamides is 1. The van der Waals surface area contributed by atoms with Crippen LogP contribution in [-0.4, -0.2) is 37.3 Å². The molecule has 0 radical (unpaired) electrons. The Hall–Kier alpha value is -0.920. The average Bonchev–Trinajstić information content (AvgIpc) is 3.03. The maximum Gasteiger partial charge on any atom is 0.243 e. The van der Waals surface area contributed by atoms with Crippen molar-refractivity contribution in [2.45, 2.75) is 44.2 Å². The summed E-state index contributed by atoms with van der Waals surface area (Å²) in [4.78, 5) is 0.236. The summed E-state index contributed by atoms with van der Waals surface area (Å²) < 4.78 is 28.2. The van der Waals surface area contributed by atoms with Crippen molar-refractivity contribution in [1.29, 1.82) is 0 Å². The van der Waals surface area contributed by atoms with E-state index in [4.69, 9.17) is 0 Å². The molecule has 7 heteroatoms. The monoisotopic (exact) mass is 286 g/mol. The van der Waals surface area contributed by atoms with Crippen LogP contribution in [0.4, 0.5) is 0 Å². The molecule has 1 aromatic heterocycles. The molecule has 2 rings (SSSR count). The zero-order chi connectivity index (χ0) is 13.9. The molecule has 1 aromatic rings. The van der Waals surface area contributed by atoms with E-state index in [0.29, 0.717) is 19.1 Å². The lowest BCUT2D eigenvalue weighted by Gasteiger charge is -2.06. The van der Waals surface area contributed by atoms with Gasteiger partial charge in [-0.05, 0) is 18.8 Å². The summed E-state index contributed by atoms with van der Waals surface area (Å²) in [5.74, 6) is 0.285. The van der Waals surface area contributed by atoms with Gasteiger partial charge in [0.15, 0.2) is 0 Å². The molecule has 0 aliphatic heterocycles. The lowest BCUT2D eigenvalue weighted by atomic mass is 10.2. The molecule has 0 aromatic carbocycles. The molecular weight excluding hydrogens is 264 g/mol. The van der Waals surface area contributed by atoms with Crippen molar-refractivity contribution in [3.63, 3.8) is 0 Å². The van der Waals surface area contributed by atoms with Crippen LogP contribution in [0.1, 0.15) is 26.7 Å². The van der Waals surface area contributed by atoms with Crippen LogP contribution in [0, 0.1) is 5.92 Å². The zero-order valence-corrected chi connectivity index (χ0v) is 12.3. The van der Waals surface area contributed by atoms with Crippen LogP contribution in [0.25, 0.3) is 0 Å². The van der Waals surface area contributed by atoms with E-state index in [9.17, 15) is 8.42 Å². The second kappa shape index (κ2) is 6.02. The summed E-state index contributed by atoms with van der Waals surface area (Å²) in [7, 11) is -3.42. The van der Waals surface area contributed by atoms with Crippen LogP contribution in [-0.2, 0) is 16.6 Å². The Morgan fingerprint density at radius 1 is 1.47 bits per heavy atom. The van der Waals surface area contributed by atoms with Gasteiger partial charge < -0.3 is 5.32 Å². The molecule has 6 nitrogen and oxygen atoms in total. The maximum atomic E-state index is 12.0. The van der Waals surface area contributed by atoms with Crippen molar-refractivity contribution >= 4 is 10.0 Å². The van der Waals surface area contributed by atoms with Gasteiger partial charge in [0.25, 0.3) is 0 Å². The third-order valence-corrected chi connectivity index (χ3v) is 4.33. The number of rotatable bonds is 8. The van der Waals surface area contributed by atoms with Crippen LogP contribution < -0.4 is 10.0 Å². The highest BCUT2D eigenvalue weighted by molar-refractivity contribution is 7.89. The van der Waals surface area contributed by atoms with Gasteiger partial charge in [0.2, 0.25) is 10.0 Å². The first-order valence-corrected chi connectivity index (χ1v) is 8.21. The summed E-state index contributed by atoms with van der Waals surface area (Å²) in [6.45, 7) is 5.89. The smallest absolute Gasteiger partial charge is 0.243 e. The number of nitrogens with one attached hydrogen (secondary N) is 2. The van der Waals surface area contributed by atoms with Crippen molar-refractivity contribution in [2.24, 2.45) is 5.92 Å². The van der Waals surface area contributed by atoms with Gasteiger partial charge in [-0.2, -0.15) is 5.10 Å². The second-order valence-corrected chi connectivity index (χ2v) is 7.18. The summed E-state index contributed by atoms with van der Waals surface area (Å²) in [5.41, 5.74) is 0. The Morgan fingerprint density at radius 3 is 2.84 bits per heavy atom. The molecule has 0 atom stereocenters. The SMILES string of the molecule is CC(C)CNS(=O)(=O)c1cnn(CCNC2CC2)c1. The van der Waals surface area contributed by atoms with Crippen molar-refractivity contribution in [2.75, 3.05) is 13.1 Å². The van der Waals surface area contributed by atoms with Crippen LogP contribution in [0.5, 0.6) is 0 Å². The zero-order valence-electron chi connectivity index (χ0n) is 11.5. The number of hydrogen-bond acceptors (Lipinski definition) is 4. The quantitative estimate of drug-likeness (QED) is 0.732. The summed E-state index contributed by atoms with van der Waals surface area (Å²) >= 11 is 0. The molecule has 1 saturated carbocycles.